The fourth-order valence-corrected chi connectivity index (χ4v) is 14.0. The lowest BCUT2D eigenvalue weighted by atomic mass is 9.51. The molecule has 2 amide bonds. The summed E-state index contributed by atoms with van der Waals surface area (Å²) in [5.74, 6) is 5.89. The summed E-state index contributed by atoms with van der Waals surface area (Å²) in [6.07, 6.45) is 19.2. The second-order valence-corrected chi connectivity index (χ2v) is 15.4. The lowest BCUT2D eigenvalue weighted by Gasteiger charge is -2.73. The highest BCUT2D eigenvalue weighted by molar-refractivity contribution is 5.83. The number of amides is 2. The van der Waals surface area contributed by atoms with Crippen LogP contribution >= 0.6 is 0 Å². The summed E-state index contributed by atoms with van der Waals surface area (Å²) in [7, 11) is 0. The van der Waals surface area contributed by atoms with E-state index in [1.54, 1.807) is 0 Å². The molecule has 5 saturated carbocycles. The Morgan fingerprint density at radius 3 is 1.41 bits per heavy atom. The van der Waals surface area contributed by atoms with Crippen LogP contribution in [-0.4, -0.2) is 68.8 Å². The number of nitrogens with zero attached hydrogens (tertiary/aromatic N) is 3. The Kier molecular flexibility index (Phi) is 4.31. The molecule has 14 unspecified atom stereocenters. The van der Waals surface area contributed by atoms with Crippen molar-refractivity contribution in [3.8, 4) is 0 Å². The Balaban J connectivity index is 1.20. The molecule has 0 N–H and O–H groups in total. The molecule has 0 aromatic carbocycles. The number of hydrogen-bond donors (Lipinski definition) is 0. The molecule has 10 rings (SSSR count). The molecule has 5 aliphatic carbocycles. The van der Waals surface area contributed by atoms with Crippen molar-refractivity contribution in [2.75, 3.05) is 0 Å². The van der Waals surface area contributed by atoms with E-state index >= 15 is 0 Å². The maximum atomic E-state index is 14.5. The summed E-state index contributed by atoms with van der Waals surface area (Å²) >= 11 is 0. The maximum Gasteiger partial charge on any atom is 0.226 e. The number of hydrogen-bond acceptors (Lipinski definition) is 3. The highest BCUT2D eigenvalue weighted by Crippen LogP contribution is 2.65. The van der Waals surface area contributed by atoms with Crippen molar-refractivity contribution in [3.05, 3.63) is 0 Å². The fourth-order valence-electron chi connectivity index (χ4n) is 14.0. The van der Waals surface area contributed by atoms with Gasteiger partial charge in [0.05, 0.1) is 18.1 Å². The number of fused-ring (bicyclic) bond motifs is 7. The third-order valence-electron chi connectivity index (χ3n) is 14.7. The Morgan fingerprint density at radius 2 is 0.892 bits per heavy atom. The quantitative estimate of drug-likeness (QED) is 0.491. The first-order chi connectivity index (χ1) is 18.2. The summed E-state index contributed by atoms with van der Waals surface area (Å²) in [6.45, 7) is 0. The predicted molar refractivity (Wildman–Crippen MR) is 139 cm³/mol. The minimum absolute atomic E-state index is 0.307. The fraction of sp³-hybridized carbons (Fsp3) is 0.938. The largest absolute Gasteiger partial charge is 0.333 e. The van der Waals surface area contributed by atoms with Crippen molar-refractivity contribution < 1.29 is 9.59 Å². The molecule has 200 valence electrons. The summed E-state index contributed by atoms with van der Waals surface area (Å²) < 4.78 is 0. The smallest absolute Gasteiger partial charge is 0.226 e. The Morgan fingerprint density at radius 1 is 0.432 bits per heavy atom. The van der Waals surface area contributed by atoms with E-state index in [2.05, 4.69) is 14.7 Å². The van der Waals surface area contributed by atoms with E-state index in [1.165, 1.54) is 83.5 Å². The van der Waals surface area contributed by atoms with E-state index < -0.39 is 0 Å². The normalized spacial score (nSPS) is 59.0. The van der Waals surface area contributed by atoms with Crippen molar-refractivity contribution >= 4 is 11.8 Å². The maximum absolute atomic E-state index is 14.5. The average Bonchev–Trinajstić information content (AvgIpc) is 3.29. The molecular weight excluding hydrogens is 458 g/mol. The number of piperidine rings is 2. The van der Waals surface area contributed by atoms with Gasteiger partial charge in [-0.05, 0) is 93.3 Å². The van der Waals surface area contributed by atoms with E-state index in [0.29, 0.717) is 89.6 Å². The van der Waals surface area contributed by atoms with Gasteiger partial charge in [-0.1, -0.05) is 38.5 Å². The zero-order valence-corrected chi connectivity index (χ0v) is 22.4. The lowest BCUT2D eigenvalue weighted by Crippen LogP contribution is -2.86. The van der Waals surface area contributed by atoms with Crippen LogP contribution in [0.3, 0.4) is 0 Å². The van der Waals surface area contributed by atoms with Gasteiger partial charge in [0.25, 0.3) is 0 Å². The van der Waals surface area contributed by atoms with Crippen LogP contribution in [0.15, 0.2) is 0 Å². The molecule has 10 fully saturated rings. The number of carbonyl (C=O) groups is 2. The van der Waals surface area contributed by atoms with Gasteiger partial charge in [0.1, 0.15) is 0 Å². The van der Waals surface area contributed by atoms with Gasteiger partial charge in [0.2, 0.25) is 11.8 Å². The minimum atomic E-state index is 0.307. The zero-order valence-electron chi connectivity index (χ0n) is 22.4. The summed E-state index contributed by atoms with van der Waals surface area (Å²) in [5.41, 5.74) is 0. The van der Waals surface area contributed by atoms with Gasteiger partial charge in [-0.15, -0.1) is 0 Å². The van der Waals surface area contributed by atoms with Crippen LogP contribution in [0.1, 0.15) is 96.3 Å². The monoisotopic (exact) mass is 503 g/mol. The molecule has 5 aliphatic heterocycles. The van der Waals surface area contributed by atoms with Crippen LogP contribution in [-0.2, 0) is 9.59 Å². The Hall–Kier alpha value is -1.10. The van der Waals surface area contributed by atoms with Crippen molar-refractivity contribution in [3.63, 3.8) is 0 Å². The first kappa shape index (κ1) is 21.7. The van der Waals surface area contributed by atoms with E-state index in [4.69, 9.17) is 0 Å². The van der Waals surface area contributed by atoms with Gasteiger partial charge >= 0.3 is 0 Å². The van der Waals surface area contributed by atoms with Crippen LogP contribution in [0.25, 0.3) is 0 Å². The lowest BCUT2D eigenvalue weighted by molar-refractivity contribution is -0.238. The van der Waals surface area contributed by atoms with Crippen LogP contribution in [0, 0.1) is 47.3 Å². The Bertz CT molecular complexity index is 967. The van der Waals surface area contributed by atoms with Crippen LogP contribution in [0.2, 0.25) is 0 Å². The van der Waals surface area contributed by atoms with Gasteiger partial charge in [-0.2, -0.15) is 0 Å². The predicted octanol–water partition coefficient (Wildman–Crippen LogP) is 4.44. The molecule has 14 atom stereocenters. The Labute approximate surface area is 222 Å². The van der Waals surface area contributed by atoms with Gasteiger partial charge in [0.15, 0.2) is 0 Å². The number of rotatable bonds is 0. The molecule has 37 heavy (non-hydrogen) atoms. The molecule has 5 heterocycles. The van der Waals surface area contributed by atoms with Crippen LogP contribution < -0.4 is 0 Å². The SMILES string of the molecule is O=C1C2CCCCC2C2CC3C4CCCCC4C(=O)N4C5CCCC6C7CCCC8C7N(C65)C(C2N18)C34. The van der Waals surface area contributed by atoms with Crippen molar-refractivity contribution in [2.45, 2.75) is 139 Å². The molecular formula is C32H45N3O2. The van der Waals surface area contributed by atoms with E-state index in [1.807, 2.05) is 0 Å². The van der Waals surface area contributed by atoms with E-state index in [-0.39, 0.29) is 0 Å². The van der Waals surface area contributed by atoms with Gasteiger partial charge in [-0.25, -0.2) is 0 Å². The third-order valence-corrected chi connectivity index (χ3v) is 14.7. The van der Waals surface area contributed by atoms with Gasteiger partial charge in [0, 0.05) is 36.0 Å². The number of piperazine rings is 2. The first-order valence-corrected chi connectivity index (χ1v) is 16.7. The first-order valence-electron chi connectivity index (χ1n) is 16.7. The molecule has 10 aliphatic rings. The van der Waals surface area contributed by atoms with Crippen LogP contribution in [0.4, 0.5) is 0 Å². The average molecular weight is 504 g/mol. The second-order valence-electron chi connectivity index (χ2n) is 15.4. The molecule has 0 spiro atoms. The molecule has 5 heteroatoms. The molecule has 0 bridgehead atoms. The summed E-state index contributed by atoms with van der Waals surface area (Å²) in [5, 5.41) is 0. The van der Waals surface area contributed by atoms with E-state index in [0.717, 1.165) is 24.7 Å². The topological polar surface area (TPSA) is 43.9 Å². The van der Waals surface area contributed by atoms with Gasteiger partial charge < -0.3 is 9.80 Å². The summed E-state index contributed by atoms with van der Waals surface area (Å²) in [4.78, 5) is 37.4. The standard InChI is InChI=1S/C32H45N3O2/c36-31-20-9-3-1-7-16(20)22-15-23-17-8-2-4-10-21(17)32(37)34-25-14-6-12-19-18-11-5-13-24-26(18)35(27(19)25)30(29(23)34)28(22)33(24)31/h16-30H,1-15H2. The highest BCUT2D eigenvalue weighted by Gasteiger charge is 2.74. The molecule has 0 aromatic heterocycles. The van der Waals surface area contributed by atoms with Crippen molar-refractivity contribution in [1.82, 2.24) is 14.7 Å². The number of carbonyl (C=O) groups excluding carboxylic acids is 2. The van der Waals surface area contributed by atoms with Crippen LogP contribution in [0.5, 0.6) is 0 Å². The van der Waals surface area contributed by atoms with Gasteiger partial charge in [-0.3, -0.25) is 14.5 Å². The molecule has 0 radical (unpaired) electrons. The second kappa shape index (κ2) is 7.34. The molecule has 5 saturated heterocycles. The highest BCUT2D eigenvalue weighted by atomic mass is 16.2. The third kappa shape index (κ3) is 2.42. The molecule has 5 nitrogen and oxygen atoms in total. The van der Waals surface area contributed by atoms with E-state index in [9.17, 15) is 9.59 Å². The van der Waals surface area contributed by atoms with Crippen molar-refractivity contribution in [2.24, 2.45) is 47.3 Å². The minimum Gasteiger partial charge on any atom is -0.333 e. The zero-order chi connectivity index (χ0) is 24.2. The van der Waals surface area contributed by atoms with Crippen molar-refractivity contribution in [1.29, 1.82) is 0 Å². The summed E-state index contributed by atoms with van der Waals surface area (Å²) in [6, 6.07) is 3.35. The molecule has 0 aromatic rings.